The second-order valence-corrected chi connectivity index (χ2v) is 3.09. The van der Waals surface area contributed by atoms with E-state index >= 15 is 0 Å². The van der Waals surface area contributed by atoms with Crippen molar-refractivity contribution in [2.45, 2.75) is 26.2 Å². The molecule has 1 nitrogen and oxygen atoms in total. The largest absolute Gasteiger partial charge is 0.378 e. The van der Waals surface area contributed by atoms with Crippen LogP contribution in [-0.4, -0.2) is 24.4 Å². The van der Waals surface area contributed by atoms with Crippen molar-refractivity contribution in [1.82, 2.24) is 4.90 Å². The van der Waals surface area contributed by atoms with Crippen LogP contribution in [0.2, 0.25) is 0 Å². The fourth-order valence-corrected chi connectivity index (χ4v) is 1.21. The van der Waals surface area contributed by atoms with Gasteiger partial charge in [-0.3, -0.25) is 0 Å². The van der Waals surface area contributed by atoms with E-state index in [-0.39, 0.29) is 12.0 Å². The summed E-state index contributed by atoms with van der Waals surface area (Å²) in [5.74, 6) is -2.57. The molecule has 1 aliphatic rings. The molecule has 0 saturated heterocycles. The molecule has 0 aliphatic carbocycles. The van der Waals surface area contributed by atoms with Crippen LogP contribution < -0.4 is 0 Å². The average Bonchev–Trinajstić information content (AvgIpc) is 1.95. The lowest BCUT2D eigenvalue weighted by Gasteiger charge is -2.32. The minimum Gasteiger partial charge on any atom is -0.378 e. The van der Waals surface area contributed by atoms with Gasteiger partial charge in [-0.15, -0.1) is 0 Å². The Morgan fingerprint density at radius 2 is 1.91 bits per heavy atom. The van der Waals surface area contributed by atoms with Crippen molar-refractivity contribution in [2.75, 3.05) is 13.6 Å². The summed E-state index contributed by atoms with van der Waals surface area (Å²) < 4.78 is 25.9. The summed E-state index contributed by atoms with van der Waals surface area (Å²) in [5.41, 5.74) is 0.924. The number of hydrogen-bond donors (Lipinski definition) is 0. The minimum absolute atomic E-state index is 0.0489. The van der Waals surface area contributed by atoms with Gasteiger partial charge in [-0.25, -0.2) is 8.78 Å². The van der Waals surface area contributed by atoms with E-state index in [4.69, 9.17) is 0 Å². The van der Waals surface area contributed by atoms with Gasteiger partial charge in [0.15, 0.2) is 0 Å². The number of halogens is 2. The van der Waals surface area contributed by atoms with Gasteiger partial charge in [-0.1, -0.05) is 0 Å². The molecule has 0 aromatic carbocycles. The molecule has 1 heterocycles. The molecule has 64 valence electrons. The van der Waals surface area contributed by atoms with E-state index in [9.17, 15) is 8.78 Å². The van der Waals surface area contributed by atoms with Crippen LogP contribution in [0.5, 0.6) is 0 Å². The molecule has 0 radical (unpaired) electrons. The van der Waals surface area contributed by atoms with Crippen molar-refractivity contribution in [1.29, 1.82) is 0 Å². The van der Waals surface area contributed by atoms with E-state index in [1.807, 2.05) is 11.9 Å². The van der Waals surface area contributed by atoms with E-state index in [2.05, 4.69) is 0 Å². The Labute approximate surface area is 65.7 Å². The Morgan fingerprint density at radius 3 is 2.36 bits per heavy atom. The lowest BCUT2D eigenvalue weighted by molar-refractivity contribution is 0.0117. The average molecular weight is 161 g/mol. The first-order valence-electron chi connectivity index (χ1n) is 3.72. The van der Waals surface area contributed by atoms with Crippen LogP contribution in [0.25, 0.3) is 0 Å². The Hall–Kier alpha value is -0.600. The summed E-state index contributed by atoms with van der Waals surface area (Å²) in [7, 11) is 1.84. The van der Waals surface area contributed by atoms with E-state index < -0.39 is 5.92 Å². The molecule has 0 bridgehead atoms. The van der Waals surface area contributed by atoms with Crippen molar-refractivity contribution in [3.8, 4) is 0 Å². The first kappa shape index (κ1) is 8.50. The van der Waals surface area contributed by atoms with Gasteiger partial charge in [-0.05, 0) is 13.8 Å². The Kier molecular flexibility index (Phi) is 1.90. The minimum atomic E-state index is -2.57. The molecule has 0 aromatic rings. The molecule has 3 heteroatoms. The van der Waals surface area contributed by atoms with Crippen LogP contribution in [0.1, 0.15) is 20.3 Å². The van der Waals surface area contributed by atoms with Crippen LogP contribution >= 0.6 is 0 Å². The van der Waals surface area contributed by atoms with Gasteiger partial charge in [0.25, 0.3) is 5.92 Å². The number of nitrogens with zero attached hydrogens (tertiary/aromatic N) is 1. The summed E-state index contributed by atoms with van der Waals surface area (Å²) in [5, 5.41) is 0. The van der Waals surface area contributed by atoms with Gasteiger partial charge in [0.05, 0.1) is 0 Å². The predicted molar refractivity (Wildman–Crippen MR) is 40.6 cm³/mol. The zero-order valence-electron chi connectivity index (χ0n) is 7.12. The molecule has 0 unspecified atom stereocenters. The quantitative estimate of drug-likeness (QED) is 0.526. The molecule has 11 heavy (non-hydrogen) atoms. The smallest absolute Gasteiger partial charge is 0.272 e. The molecule has 0 atom stereocenters. The normalized spacial score (nSPS) is 24.3. The molecule has 0 amide bonds. The zero-order valence-corrected chi connectivity index (χ0v) is 7.12. The lowest BCUT2D eigenvalue weighted by Crippen LogP contribution is -2.34. The maximum absolute atomic E-state index is 12.9. The van der Waals surface area contributed by atoms with Crippen LogP contribution in [0, 0.1) is 0 Å². The maximum atomic E-state index is 12.9. The highest BCUT2D eigenvalue weighted by Gasteiger charge is 2.36. The Balaban J connectivity index is 2.97. The zero-order chi connectivity index (χ0) is 8.65. The van der Waals surface area contributed by atoms with Crippen LogP contribution in [-0.2, 0) is 0 Å². The van der Waals surface area contributed by atoms with Gasteiger partial charge in [0, 0.05) is 31.3 Å². The summed E-state index contributed by atoms with van der Waals surface area (Å²) >= 11 is 0. The van der Waals surface area contributed by atoms with Crippen molar-refractivity contribution in [3.05, 3.63) is 11.3 Å². The van der Waals surface area contributed by atoms with E-state index in [1.54, 1.807) is 6.92 Å². The highest BCUT2D eigenvalue weighted by atomic mass is 19.3. The second kappa shape index (κ2) is 2.47. The molecule has 0 saturated carbocycles. The fourth-order valence-electron chi connectivity index (χ4n) is 1.21. The number of alkyl halides is 2. The van der Waals surface area contributed by atoms with Gasteiger partial charge >= 0.3 is 0 Å². The Morgan fingerprint density at radius 1 is 1.36 bits per heavy atom. The first-order valence-corrected chi connectivity index (χ1v) is 3.72. The van der Waals surface area contributed by atoms with E-state index in [0.29, 0.717) is 12.2 Å². The molecule has 1 aliphatic heterocycles. The SMILES string of the molecule is CC1=C(C)C(F)(F)CCN1C. The number of hydrogen-bond acceptors (Lipinski definition) is 1. The Bertz CT molecular complexity index is 196. The topological polar surface area (TPSA) is 3.24 Å². The predicted octanol–water partition coefficient (Wildman–Crippen LogP) is 2.25. The van der Waals surface area contributed by atoms with Gasteiger partial charge in [0.1, 0.15) is 0 Å². The fraction of sp³-hybridized carbons (Fsp3) is 0.750. The van der Waals surface area contributed by atoms with Crippen LogP contribution in [0.15, 0.2) is 11.3 Å². The monoisotopic (exact) mass is 161 g/mol. The van der Waals surface area contributed by atoms with Gasteiger partial charge in [0.2, 0.25) is 0 Å². The molecule has 1 rings (SSSR count). The van der Waals surface area contributed by atoms with Crippen molar-refractivity contribution in [2.24, 2.45) is 0 Å². The van der Waals surface area contributed by atoms with Crippen molar-refractivity contribution >= 4 is 0 Å². The number of allylic oxidation sites excluding steroid dienone is 2. The summed E-state index contributed by atoms with van der Waals surface area (Å²) in [6.07, 6.45) is -0.0489. The third-order valence-electron chi connectivity index (χ3n) is 2.43. The van der Waals surface area contributed by atoms with E-state index in [1.165, 1.54) is 6.92 Å². The standard InChI is InChI=1S/C8H13F2N/c1-6-7(2)11(3)5-4-8(6,9)10/h4-5H2,1-3H3. The maximum Gasteiger partial charge on any atom is 0.272 e. The summed E-state index contributed by atoms with van der Waals surface area (Å²) in [6, 6.07) is 0. The van der Waals surface area contributed by atoms with Crippen LogP contribution in [0.3, 0.4) is 0 Å². The molecule has 0 aromatic heterocycles. The van der Waals surface area contributed by atoms with Crippen LogP contribution in [0.4, 0.5) is 8.78 Å². The first-order chi connectivity index (χ1) is 4.95. The van der Waals surface area contributed by atoms with Gasteiger partial charge in [-0.2, -0.15) is 0 Å². The highest BCUT2D eigenvalue weighted by molar-refractivity contribution is 5.19. The van der Waals surface area contributed by atoms with Gasteiger partial charge < -0.3 is 4.90 Å². The molecular weight excluding hydrogens is 148 g/mol. The molecule has 0 fully saturated rings. The summed E-state index contributed by atoms with van der Waals surface area (Å²) in [6.45, 7) is 3.70. The molecular formula is C8H13F2N. The lowest BCUT2D eigenvalue weighted by atomic mass is 10.0. The molecule has 0 spiro atoms. The number of rotatable bonds is 0. The van der Waals surface area contributed by atoms with E-state index in [0.717, 1.165) is 0 Å². The van der Waals surface area contributed by atoms with Crippen molar-refractivity contribution in [3.63, 3.8) is 0 Å². The summed E-state index contributed by atoms with van der Waals surface area (Å²) in [4.78, 5) is 1.87. The van der Waals surface area contributed by atoms with Crippen molar-refractivity contribution < 1.29 is 8.78 Å². The third-order valence-corrected chi connectivity index (χ3v) is 2.43. The third kappa shape index (κ3) is 1.37. The highest BCUT2D eigenvalue weighted by Crippen LogP contribution is 2.34. The second-order valence-electron chi connectivity index (χ2n) is 3.09. The molecule has 0 N–H and O–H groups in total.